The van der Waals surface area contributed by atoms with E-state index >= 15 is 0 Å². The van der Waals surface area contributed by atoms with Crippen LogP contribution in [0.2, 0.25) is 0 Å². The fraction of sp³-hybridized carbons (Fsp3) is 0.345. The Labute approximate surface area is 237 Å². The summed E-state index contributed by atoms with van der Waals surface area (Å²) < 4.78 is 44.1. The molecule has 3 aliphatic rings. The highest BCUT2D eigenvalue weighted by Crippen LogP contribution is 2.34. The van der Waals surface area contributed by atoms with Gasteiger partial charge in [-0.3, -0.25) is 4.90 Å². The van der Waals surface area contributed by atoms with Gasteiger partial charge >= 0.3 is 6.09 Å². The number of hydrogen-bond donors (Lipinski definition) is 1. The Balaban J connectivity index is 1.37. The molecule has 1 amide bonds. The third kappa shape index (κ3) is 5.01. The van der Waals surface area contributed by atoms with Gasteiger partial charge in [0.25, 0.3) is 0 Å². The number of alkyl halides is 1. The maximum Gasteiger partial charge on any atom is 0.416 e. The van der Waals surface area contributed by atoms with Gasteiger partial charge in [0.2, 0.25) is 10.0 Å². The van der Waals surface area contributed by atoms with Gasteiger partial charge in [-0.2, -0.15) is 4.31 Å². The van der Waals surface area contributed by atoms with E-state index in [0.29, 0.717) is 50.8 Å². The first-order valence-electron chi connectivity index (χ1n) is 13.2. The Morgan fingerprint density at radius 3 is 2.42 bits per heavy atom. The van der Waals surface area contributed by atoms with Gasteiger partial charge in [-0.25, -0.2) is 13.2 Å². The third-order valence-electron chi connectivity index (χ3n) is 7.59. The number of nitrogens with one attached hydrogen (secondary N) is 1. The number of halogens is 1. The molecule has 11 heteroatoms. The van der Waals surface area contributed by atoms with Gasteiger partial charge in [-0.1, -0.05) is 24.3 Å². The van der Waals surface area contributed by atoms with Crippen LogP contribution >= 0.6 is 11.6 Å². The SMILES string of the molecule is COc1ccc(OC(=O)N2CCc3c([nH]c4c3=CC(Cl)CC=4)C2c2ccc(S(=O)(=O)N3CCOCC3)cc2)cc1. The molecule has 40 heavy (non-hydrogen) atoms. The molecular weight excluding hydrogens is 554 g/mol. The number of fused-ring (bicyclic) bond motifs is 3. The number of methoxy groups -OCH3 is 1. The summed E-state index contributed by atoms with van der Waals surface area (Å²) >= 11 is 6.45. The highest BCUT2D eigenvalue weighted by molar-refractivity contribution is 7.89. The van der Waals surface area contributed by atoms with Crippen LogP contribution in [0.3, 0.4) is 0 Å². The molecule has 3 aromatic rings. The van der Waals surface area contributed by atoms with Crippen molar-refractivity contribution in [3.05, 3.63) is 75.9 Å². The minimum atomic E-state index is -3.65. The molecule has 1 saturated heterocycles. The topological polar surface area (TPSA) is 101 Å². The molecule has 2 aromatic carbocycles. The number of benzene rings is 2. The van der Waals surface area contributed by atoms with Gasteiger partial charge in [0.1, 0.15) is 17.5 Å². The molecule has 210 valence electrons. The summed E-state index contributed by atoms with van der Waals surface area (Å²) in [5.41, 5.74) is 2.76. The fourth-order valence-electron chi connectivity index (χ4n) is 5.55. The van der Waals surface area contributed by atoms with Crippen molar-refractivity contribution in [1.29, 1.82) is 0 Å². The molecule has 0 radical (unpaired) electrons. The van der Waals surface area contributed by atoms with Crippen LogP contribution in [-0.4, -0.2) is 74.0 Å². The summed E-state index contributed by atoms with van der Waals surface area (Å²) in [5.74, 6) is 1.06. The molecule has 0 saturated carbocycles. The average Bonchev–Trinajstić information content (AvgIpc) is 3.35. The zero-order chi connectivity index (χ0) is 27.9. The zero-order valence-electron chi connectivity index (χ0n) is 22.0. The lowest BCUT2D eigenvalue weighted by Crippen LogP contribution is -2.43. The van der Waals surface area contributed by atoms with E-state index in [1.807, 2.05) is 0 Å². The quantitative estimate of drug-likeness (QED) is 0.464. The number of aromatic nitrogens is 1. The van der Waals surface area contributed by atoms with Crippen molar-refractivity contribution in [3.8, 4) is 11.5 Å². The van der Waals surface area contributed by atoms with E-state index in [9.17, 15) is 13.2 Å². The van der Waals surface area contributed by atoms with Crippen LogP contribution in [0, 0.1) is 0 Å². The van der Waals surface area contributed by atoms with Gasteiger partial charge in [0.05, 0.1) is 30.6 Å². The van der Waals surface area contributed by atoms with Crippen LogP contribution in [0.5, 0.6) is 11.5 Å². The summed E-state index contributed by atoms with van der Waals surface area (Å²) in [6.07, 6.45) is 5.00. The first kappa shape index (κ1) is 26.9. The third-order valence-corrected chi connectivity index (χ3v) is 9.81. The molecule has 1 N–H and O–H groups in total. The van der Waals surface area contributed by atoms with Crippen molar-refractivity contribution in [2.75, 3.05) is 40.0 Å². The van der Waals surface area contributed by atoms with E-state index in [-0.39, 0.29) is 10.3 Å². The smallest absolute Gasteiger partial charge is 0.416 e. The molecule has 9 nitrogen and oxygen atoms in total. The molecule has 3 heterocycles. The molecule has 1 fully saturated rings. The Hall–Kier alpha value is -3.31. The molecule has 1 aromatic heterocycles. The first-order valence-corrected chi connectivity index (χ1v) is 15.1. The highest BCUT2D eigenvalue weighted by Gasteiger charge is 2.36. The number of ether oxygens (including phenoxy) is 3. The summed E-state index contributed by atoms with van der Waals surface area (Å²) in [5, 5.41) is 1.97. The van der Waals surface area contributed by atoms with Gasteiger partial charge in [-0.15, -0.1) is 11.6 Å². The first-order chi connectivity index (χ1) is 19.3. The standard InChI is InChI=1S/C29H30ClN3O6S/c1-37-21-5-7-22(8-6-21)39-29(34)33-13-12-24-25-18-20(30)4-11-26(25)31-27(24)28(33)19-2-9-23(10-3-19)40(35,36)32-14-16-38-17-15-32/h2-3,5-11,18,20,28,31H,4,12-17H2,1H3. The summed E-state index contributed by atoms with van der Waals surface area (Å²) in [4.78, 5) is 19.0. The molecule has 2 unspecified atom stereocenters. The summed E-state index contributed by atoms with van der Waals surface area (Å²) in [7, 11) is -2.07. The number of carbonyl (C=O) groups excluding carboxylic acids is 1. The molecular formula is C29H30ClN3O6S. The largest absolute Gasteiger partial charge is 0.497 e. The number of aromatic amines is 1. The van der Waals surface area contributed by atoms with Gasteiger partial charge < -0.3 is 19.2 Å². The second-order valence-corrected chi connectivity index (χ2v) is 12.4. The summed E-state index contributed by atoms with van der Waals surface area (Å²) in [6.45, 7) is 1.82. The van der Waals surface area contributed by atoms with Crippen molar-refractivity contribution in [3.63, 3.8) is 0 Å². The predicted molar refractivity (Wildman–Crippen MR) is 151 cm³/mol. The number of H-pyrrole nitrogens is 1. The Morgan fingerprint density at radius 1 is 1.02 bits per heavy atom. The van der Waals surface area contributed by atoms with Crippen LogP contribution in [0.25, 0.3) is 12.2 Å². The Morgan fingerprint density at radius 2 is 1.73 bits per heavy atom. The maximum absolute atomic E-state index is 13.6. The molecule has 0 spiro atoms. The van der Waals surface area contributed by atoms with Crippen molar-refractivity contribution >= 4 is 39.9 Å². The van der Waals surface area contributed by atoms with Crippen LogP contribution < -0.4 is 20.0 Å². The number of sulfonamides is 1. The Bertz CT molecular complexity index is 1630. The fourth-order valence-corrected chi connectivity index (χ4v) is 7.17. The van der Waals surface area contributed by atoms with Crippen LogP contribution in [0.1, 0.15) is 29.3 Å². The van der Waals surface area contributed by atoms with E-state index in [1.165, 1.54) is 4.31 Å². The van der Waals surface area contributed by atoms with E-state index in [0.717, 1.165) is 33.8 Å². The van der Waals surface area contributed by atoms with E-state index < -0.39 is 22.2 Å². The average molecular weight is 584 g/mol. The van der Waals surface area contributed by atoms with Crippen molar-refractivity contribution in [1.82, 2.24) is 14.2 Å². The lowest BCUT2D eigenvalue weighted by molar-refractivity contribution is 0.0730. The minimum absolute atomic E-state index is 0.0893. The second-order valence-electron chi connectivity index (χ2n) is 9.94. The summed E-state index contributed by atoms with van der Waals surface area (Å²) in [6, 6.07) is 13.1. The highest BCUT2D eigenvalue weighted by atomic mass is 35.5. The van der Waals surface area contributed by atoms with Gasteiger partial charge in [0.15, 0.2) is 0 Å². The van der Waals surface area contributed by atoms with Gasteiger partial charge in [0, 0.05) is 35.9 Å². The Kier molecular flexibility index (Phi) is 7.35. The van der Waals surface area contributed by atoms with Crippen molar-refractivity contribution in [2.45, 2.75) is 29.2 Å². The predicted octanol–water partition coefficient (Wildman–Crippen LogP) is 2.76. The van der Waals surface area contributed by atoms with Crippen LogP contribution in [0.15, 0.2) is 53.4 Å². The minimum Gasteiger partial charge on any atom is -0.497 e. The van der Waals surface area contributed by atoms with Crippen LogP contribution in [0.4, 0.5) is 4.79 Å². The van der Waals surface area contributed by atoms with Crippen molar-refractivity contribution in [2.24, 2.45) is 0 Å². The number of rotatable bonds is 5. The molecule has 2 aliphatic heterocycles. The number of hydrogen-bond acceptors (Lipinski definition) is 6. The molecule has 2 atom stereocenters. The van der Waals surface area contributed by atoms with Gasteiger partial charge in [-0.05, 0) is 60.4 Å². The van der Waals surface area contributed by atoms with E-state index in [1.54, 1.807) is 60.5 Å². The molecule has 6 rings (SSSR count). The monoisotopic (exact) mass is 583 g/mol. The van der Waals surface area contributed by atoms with E-state index in [2.05, 4.69) is 17.1 Å². The number of amides is 1. The number of carbonyl (C=O) groups is 1. The molecule has 1 aliphatic carbocycles. The zero-order valence-corrected chi connectivity index (χ0v) is 23.6. The number of nitrogens with zero attached hydrogens (tertiary/aromatic N) is 2. The lowest BCUT2D eigenvalue weighted by Gasteiger charge is -2.35. The lowest BCUT2D eigenvalue weighted by atomic mass is 9.93. The maximum atomic E-state index is 13.6. The second kappa shape index (κ2) is 10.9. The van der Waals surface area contributed by atoms with Crippen LogP contribution in [-0.2, 0) is 21.2 Å². The van der Waals surface area contributed by atoms with E-state index in [4.69, 9.17) is 25.8 Å². The van der Waals surface area contributed by atoms with Crippen molar-refractivity contribution < 1.29 is 27.4 Å². The normalized spacial score (nSPS) is 21.0. The number of morpholine rings is 1. The molecule has 0 bridgehead atoms.